The Morgan fingerprint density at radius 3 is 2.87 bits per heavy atom. The zero-order valence-corrected chi connectivity index (χ0v) is 8.80. The topological polar surface area (TPSA) is 32.7 Å². The average molecular weight is 207 g/mol. The zero-order valence-electron chi connectivity index (χ0n) is 8.80. The molecule has 0 radical (unpaired) electrons. The molecule has 82 valence electrons. The molecule has 0 bridgehead atoms. The molecule has 15 heavy (non-hydrogen) atoms. The van der Waals surface area contributed by atoms with Gasteiger partial charge in [0.25, 0.3) is 0 Å². The van der Waals surface area contributed by atoms with Crippen LogP contribution in [0.1, 0.15) is 5.56 Å². The number of benzene rings is 1. The van der Waals surface area contributed by atoms with Crippen LogP contribution in [0.5, 0.6) is 0 Å². The predicted molar refractivity (Wildman–Crippen MR) is 58.5 cm³/mol. The average Bonchev–Trinajstić information content (AvgIpc) is 2.28. The third kappa shape index (κ3) is 3.30. The molecule has 1 N–H and O–H groups in total. The second-order valence-electron chi connectivity index (χ2n) is 3.86. The highest BCUT2D eigenvalue weighted by molar-refractivity contribution is 5.14. The van der Waals surface area contributed by atoms with E-state index in [1.54, 1.807) is 0 Å². The lowest BCUT2D eigenvalue weighted by Crippen LogP contribution is -2.43. The zero-order chi connectivity index (χ0) is 10.5. The summed E-state index contributed by atoms with van der Waals surface area (Å²) in [5.41, 5.74) is 1.35. The highest BCUT2D eigenvalue weighted by Crippen LogP contribution is 2.05. The Morgan fingerprint density at radius 2 is 2.13 bits per heavy atom. The molecule has 0 aliphatic carbocycles. The molecule has 3 nitrogen and oxygen atoms in total. The van der Waals surface area contributed by atoms with E-state index >= 15 is 0 Å². The van der Waals surface area contributed by atoms with Crippen LogP contribution in [0.3, 0.4) is 0 Å². The molecule has 1 aliphatic heterocycles. The first-order valence-corrected chi connectivity index (χ1v) is 5.40. The van der Waals surface area contributed by atoms with E-state index in [-0.39, 0.29) is 0 Å². The molecule has 3 heteroatoms. The van der Waals surface area contributed by atoms with Crippen molar-refractivity contribution in [1.82, 2.24) is 4.90 Å². The van der Waals surface area contributed by atoms with Crippen LogP contribution in [0.4, 0.5) is 0 Å². The summed E-state index contributed by atoms with van der Waals surface area (Å²) >= 11 is 0. The van der Waals surface area contributed by atoms with Crippen LogP contribution >= 0.6 is 0 Å². The first kappa shape index (κ1) is 10.6. The number of β-amino-alcohol motifs (C(OH)–C–C–N with tert-alkyl or cyclic N) is 1. The van der Waals surface area contributed by atoms with Crippen molar-refractivity contribution in [3.63, 3.8) is 0 Å². The third-order valence-electron chi connectivity index (χ3n) is 2.69. The van der Waals surface area contributed by atoms with Crippen molar-refractivity contribution in [3.8, 4) is 0 Å². The molecule has 0 aromatic heterocycles. The Hall–Kier alpha value is -0.900. The lowest BCUT2D eigenvalue weighted by atomic mass is 10.1. The molecule has 1 aliphatic rings. The first-order chi connectivity index (χ1) is 7.34. The molecule has 1 atom stereocenters. The van der Waals surface area contributed by atoms with Gasteiger partial charge in [-0.3, -0.25) is 4.90 Å². The van der Waals surface area contributed by atoms with Crippen LogP contribution in [-0.2, 0) is 11.2 Å². The van der Waals surface area contributed by atoms with E-state index in [0.29, 0.717) is 13.2 Å². The van der Waals surface area contributed by atoms with Crippen molar-refractivity contribution in [2.24, 2.45) is 0 Å². The van der Waals surface area contributed by atoms with Gasteiger partial charge < -0.3 is 9.84 Å². The van der Waals surface area contributed by atoms with E-state index in [1.165, 1.54) is 5.56 Å². The maximum atomic E-state index is 9.31. The number of nitrogens with zero attached hydrogens (tertiary/aromatic N) is 1. The van der Waals surface area contributed by atoms with Gasteiger partial charge in [-0.1, -0.05) is 30.3 Å². The molecule has 0 spiro atoms. The SMILES string of the molecule is OC1CN(CCc2ccccc2)CCO1. The van der Waals surface area contributed by atoms with Gasteiger partial charge in [-0.15, -0.1) is 0 Å². The van der Waals surface area contributed by atoms with Crippen LogP contribution < -0.4 is 0 Å². The molecule has 0 saturated carbocycles. The highest BCUT2D eigenvalue weighted by atomic mass is 16.6. The fourth-order valence-electron chi connectivity index (χ4n) is 1.82. The van der Waals surface area contributed by atoms with Crippen molar-refractivity contribution in [2.45, 2.75) is 12.7 Å². The number of aliphatic hydroxyl groups is 1. The molecular formula is C12H17NO2. The monoisotopic (exact) mass is 207 g/mol. The number of morpholine rings is 1. The highest BCUT2D eigenvalue weighted by Gasteiger charge is 2.17. The molecule has 1 saturated heterocycles. The van der Waals surface area contributed by atoms with E-state index in [2.05, 4.69) is 29.2 Å². The molecule has 1 aromatic rings. The lowest BCUT2D eigenvalue weighted by Gasteiger charge is -2.29. The minimum Gasteiger partial charge on any atom is -0.367 e. The molecule has 1 fully saturated rings. The lowest BCUT2D eigenvalue weighted by molar-refractivity contribution is -0.145. The van der Waals surface area contributed by atoms with Gasteiger partial charge in [0.1, 0.15) is 0 Å². The quantitative estimate of drug-likeness (QED) is 0.798. The number of aliphatic hydroxyl groups excluding tert-OH is 1. The smallest absolute Gasteiger partial charge is 0.167 e. The normalized spacial score (nSPS) is 22.9. The van der Waals surface area contributed by atoms with Gasteiger partial charge in [-0.2, -0.15) is 0 Å². The minimum absolute atomic E-state index is 0.602. The van der Waals surface area contributed by atoms with E-state index < -0.39 is 6.29 Å². The summed E-state index contributed by atoms with van der Waals surface area (Å²) in [6.45, 7) is 3.18. The minimum atomic E-state index is -0.602. The second kappa shape index (κ2) is 5.26. The molecule has 1 aromatic carbocycles. The molecule has 1 heterocycles. The van der Waals surface area contributed by atoms with Crippen molar-refractivity contribution in [2.75, 3.05) is 26.2 Å². The van der Waals surface area contributed by atoms with E-state index in [0.717, 1.165) is 19.5 Å². The summed E-state index contributed by atoms with van der Waals surface area (Å²) in [5.74, 6) is 0. The standard InChI is InChI=1S/C12H17NO2/c14-12-10-13(8-9-15-12)7-6-11-4-2-1-3-5-11/h1-5,12,14H,6-10H2. The van der Waals surface area contributed by atoms with Gasteiger partial charge >= 0.3 is 0 Å². The second-order valence-corrected chi connectivity index (χ2v) is 3.86. The molecule has 1 unspecified atom stereocenters. The van der Waals surface area contributed by atoms with Crippen molar-refractivity contribution in [1.29, 1.82) is 0 Å². The van der Waals surface area contributed by atoms with Crippen molar-refractivity contribution < 1.29 is 9.84 Å². The number of ether oxygens (including phenoxy) is 1. The largest absolute Gasteiger partial charge is 0.367 e. The Morgan fingerprint density at radius 1 is 1.33 bits per heavy atom. The summed E-state index contributed by atoms with van der Waals surface area (Å²) in [6, 6.07) is 10.4. The number of rotatable bonds is 3. The van der Waals surface area contributed by atoms with Gasteiger partial charge in [-0.05, 0) is 12.0 Å². The summed E-state index contributed by atoms with van der Waals surface area (Å²) in [4.78, 5) is 2.24. The van der Waals surface area contributed by atoms with E-state index in [1.807, 2.05) is 6.07 Å². The van der Waals surface area contributed by atoms with Crippen molar-refractivity contribution >= 4 is 0 Å². The van der Waals surface area contributed by atoms with Crippen LogP contribution in [-0.4, -0.2) is 42.5 Å². The van der Waals surface area contributed by atoms with Gasteiger partial charge in [-0.25, -0.2) is 0 Å². The van der Waals surface area contributed by atoms with Gasteiger partial charge in [0, 0.05) is 19.6 Å². The molecular weight excluding hydrogens is 190 g/mol. The van der Waals surface area contributed by atoms with Crippen LogP contribution in [0, 0.1) is 0 Å². The third-order valence-corrected chi connectivity index (χ3v) is 2.69. The maximum absolute atomic E-state index is 9.31. The van der Waals surface area contributed by atoms with Gasteiger partial charge in [0.15, 0.2) is 6.29 Å². The van der Waals surface area contributed by atoms with Crippen LogP contribution in [0.2, 0.25) is 0 Å². The van der Waals surface area contributed by atoms with Crippen LogP contribution in [0.15, 0.2) is 30.3 Å². The molecule has 2 rings (SSSR count). The summed E-state index contributed by atoms with van der Waals surface area (Å²) in [7, 11) is 0. The number of hydrogen-bond acceptors (Lipinski definition) is 3. The van der Waals surface area contributed by atoms with Crippen LogP contribution in [0.25, 0.3) is 0 Å². The fraction of sp³-hybridized carbons (Fsp3) is 0.500. The first-order valence-electron chi connectivity index (χ1n) is 5.40. The number of hydrogen-bond donors (Lipinski definition) is 1. The molecule has 0 amide bonds. The Kier molecular flexibility index (Phi) is 3.72. The predicted octanol–water partition coefficient (Wildman–Crippen LogP) is 0.880. The summed E-state index contributed by atoms with van der Waals surface area (Å²) < 4.78 is 5.07. The van der Waals surface area contributed by atoms with E-state index in [4.69, 9.17) is 4.74 Å². The van der Waals surface area contributed by atoms with Gasteiger partial charge in [0.2, 0.25) is 0 Å². The Balaban J connectivity index is 1.78. The van der Waals surface area contributed by atoms with Gasteiger partial charge in [0.05, 0.1) is 6.61 Å². The fourth-order valence-corrected chi connectivity index (χ4v) is 1.82. The Labute approximate surface area is 90.3 Å². The van der Waals surface area contributed by atoms with Crippen molar-refractivity contribution in [3.05, 3.63) is 35.9 Å². The Bertz CT molecular complexity index is 289. The van der Waals surface area contributed by atoms with E-state index in [9.17, 15) is 5.11 Å². The summed E-state index contributed by atoms with van der Waals surface area (Å²) in [5, 5.41) is 9.31. The maximum Gasteiger partial charge on any atom is 0.167 e. The summed E-state index contributed by atoms with van der Waals surface area (Å²) in [6.07, 6.45) is 0.433.